The molecule has 0 unspecified atom stereocenters. The SMILES string of the molecule is CC(C)(C)OC(=O)N[C@H]1CCCN(c2ccncc2Nc2nnc3ccc(-c4ncccc4F)nn23)C1. The molecule has 1 amide bonds. The summed E-state index contributed by atoms with van der Waals surface area (Å²) in [6, 6.07) is 8.07. The molecule has 0 aromatic carbocycles. The summed E-state index contributed by atoms with van der Waals surface area (Å²) in [7, 11) is 0. The Morgan fingerprint density at radius 1 is 1.16 bits per heavy atom. The summed E-state index contributed by atoms with van der Waals surface area (Å²) in [5.74, 6) is -0.117. The van der Waals surface area contributed by atoms with Gasteiger partial charge in [0.05, 0.1) is 17.6 Å². The Bertz CT molecular complexity index is 1420. The molecule has 192 valence electrons. The summed E-state index contributed by atoms with van der Waals surface area (Å²) in [4.78, 5) is 22.9. The van der Waals surface area contributed by atoms with E-state index in [0.717, 1.165) is 25.1 Å². The lowest BCUT2D eigenvalue weighted by Crippen LogP contribution is -2.49. The summed E-state index contributed by atoms with van der Waals surface area (Å²) in [5.41, 5.74) is 2.03. The first-order valence-corrected chi connectivity index (χ1v) is 12.1. The molecule has 0 spiro atoms. The number of nitrogens with zero attached hydrogens (tertiary/aromatic N) is 7. The number of hydrogen-bond acceptors (Lipinski definition) is 9. The number of ether oxygens (including phenoxy) is 1. The second-order valence-electron chi connectivity index (χ2n) is 9.80. The van der Waals surface area contributed by atoms with Crippen molar-refractivity contribution in [2.45, 2.75) is 45.3 Å². The molecule has 1 saturated heterocycles. The van der Waals surface area contributed by atoms with E-state index in [4.69, 9.17) is 4.74 Å². The fourth-order valence-corrected chi connectivity index (χ4v) is 4.23. The molecule has 0 aliphatic carbocycles. The number of aromatic nitrogens is 6. The number of rotatable bonds is 5. The minimum Gasteiger partial charge on any atom is -0.444 e. The maximum Gasteiger partial charge on any atom is 0.407 e. The van der Waals surface area contributed by atoms with Gasteiger partial charge < -0.3 is 20.3 Å². The van der Waals surface area contributed by atoms with E-state index in [1.165, 1.54) is 22.8 Å². The molecule has 0 radical (unpaired) electrons. The van der Waals surface area contributed by atoms with Crippen LogP contribution in [0.25, 0.3) is 17.0 Å². The molecular weight excluding hydrogens is 477 g/mol. The van der Waals surface area contributed by atoms with Gasteiger partial charge in [-0.1, -0.05) is 0 Å². The quantitative estimate of drug-likeness (QED) is 0.415. The number of amides is 1. The lowest BCUT2D eigenvalue weighted by atomic mass is 10.0. The standard InChI is InChI=1S/C25H28FN9O2/c1-25(2,3)37-24(36)29-16-6-5-13-34(15-16)20-10-12-27-14-19(20)30-23-32-31-21-9-8-18(33-35(21)23)22-17(26)7-4-11-28-22/h4,7-12,14,16H,5-6,13,15H2,1-3H3,(H,29,36)(H,30,32)/t16-/m0/s1. The van der Waals surface area contributed by atoms with Crippen LogP contribution in [0.2, 0.25) is 0 Å². The summed E-state index contributed by atoms with van der Waals surface area (Å²) < 4.78 is 21.2. The van der Waals surface area contributed by atoms with Gasteiger partial charge in [-0.05, 0) is 63.9 Å². The second-order valence-corrected chi connectivity index (χ2v) is 9.80. The molecule has 5 rings (SSSR count). The van der Waals surface area contributed by atoms with E-state index in [2.05, 4.69) is 40.8 Å². The molecule has 5 heterocycles. The van der Waals surface area contributed by atoms with Crippen LogP contribution in [0, 0.1) is 5.82 Å². The highest BCUT2D eigenvalue weighted by Gasteiger charge is 2.26. The van der Waals surface area contributed by atoms with E-state index in [0.29, 0.717) is 29.5 Å². The average Bonchev–Trinajstić information content (AvgIpc) is 3.25. The van der Waals surface area contributed by atoms with E-state index in [1.807, 2.05) is 26.8 Å². The Labute approximate surface area is 213 Å². The molecule has 1 aliphatic heterocycles. The summed E-state index contributed by atoms with van der Waals surface area (Å²) in [6.07, 6.45) is 6.26. The van der Waals surface area contributed by atoms with Crippen molar-refractivity contribution < 1.29 is 13.9 Å². The lowest BCUT2D eigenvalue weighted by Gasteiger charge is -2.35. The van der Waals surface area contributed by atoms with E-state index in [-0.39, 0.29) is 11.7 Å². The Balaban J connectivity index is 1.37. The van der Waals surface area contributed by atoms with Gasteiger partial charge in [-0.2, -0.15) is 9.61 Å². The van der Waals surface area contributed by atoms with Crippen molar-refractivity contribution in [3.8, 4) is 11.4 Å². The molecule has 1 fully saturated rings. The normalized spacial score (nSPS) is 16.0. The third kappa shape index (κ3) is 5.57. The highest BCUT2D eigenvalue weighted by molar-refractivity contribution is 5.73. The maximum absolute atomic E-state index is 14.3. The maximum atomic E-state index is 14.3. The van der Waals surface area contributed by atoms with Crippen LogP contribution in [-0.4, -0.2) is 60.6 Å². The summed E-state index contributed by atoms with van der Waals surface area (Å²) in [5, 5.41) is 19.2. The van der Waals surface area contributed by atoms with Crippen LogP contribution in [0.3, 0.4) is 0 Å². The minimum absolute atomic E-state index is 0.0592. The highest BCUT2D eigenvalue weighted by Crippen LogP contribution is 2.30. The van der Waals surface area contributed by atoms with Crippen LogP contribution >= 0.6 is 0 Å². The monoisotopic (exact) mass is 505 g/mol. The van der Waals surface area contributed by atoms with Crippen LogP contribution < -0.4 is 15.5 Å². The zero-order valence-corrected chi connectivity index (χ0v) is 20.8. The number of piperidine rings is 1. The van der Waals surface area contributed by atoms with Gasteiger partial charge in [-0.25, -0.2) is 9.18 Å². The predicted molar refractivity (Wildman–Crippen MR) is 136 cm³/mol. The minimum atomic E-state index is -0.558. The number of pyridine rings is 2. The number of alkyl carbamates (subject to hydrolysis) is 1. The first-order chi connectivity index (χ1) is 17.8. The third-order valence-electron chi connectivity index (χ3n) is 5.79. The molecule has 12 heteroatoms. The lowest BCUT2D eigenvalue weighted by molar-refractivity contribution is 0.0500. The van der Waals surface area contributed by atoms with Crippen molar-refractivity contribution in [1.82, 2.24) is 35.1 Å². The number of hydrogen-bond donors (Lipinski definition) is 2. The van der Waals surface area contributed by atoms with Crippen LogP contribution in [0.1, 0.15) is 33.6 Å². The number of halogens is 1. The van der Waals surface area contributed by atoms with Crippen molar-refractivity contribution in [2.75, 3.05) is 23.3 Å². The van der Waals surface area contributed by atoms with Crippen molar-refractivity contribution in [1.29, 1.82) is 0 Å². The molecule has 37 heavy (non-hydrogen) atoms. The molecule has 0 saturated carbocycles. The molecule has 11 nitrogen and oxygen atoms in total. The number of carbonyl (C=O) groups is 1. The van der Waals surface area contributed by atoms with Gasteiger partial charge in [0.2, 0.25) is 0 Å². The Hall–Kier alpha value is -4.35. The highest BCUT2D eigenvalue weighted by atomic mass is 19.1. The number of fused-ring (bicyclic) bond motifs is 1. The molecule has 2 N–H and O–H groups in total. The van der Waals surface area contributed by atoms with Gasteiger partial charge in [0.1, 0.15) is 17.0 Å². The van der Waals surface area contributed by atoms with Crippen LogP contribution in [0.5, 0.6) is 0 Å². The van der Waals surface area contributed by atoms with Gasteiger partial charge in [-0.15, -0.1) is 10.2 Å². The van der Waals surface area contributed by atoms with E-state index in [1.54, 1.807) is 24.5 Å². The molecule has 4 aromatic rings. The first-order valence-electron chi connectivity index (χ1n) is 12.1. The van der Waals surface area contributed by atoms with E-state index >= 15 is 0 Å². The topological polar surface area (TPSA) is 122 Å². The van der Waals surface area contributed by atoms with Crippen LogP contribution in [-0.2, 0) is 4.74 Å². The zero-order chi connectivity index (χ0) is 26.0. The van der Waals surface area contributed by atoms with Gasteiger partial charge in [0, 0.05) is 31.5 Å². The predicted octanol–water partition coefficient (Wildman–Crippen LogP) is 3.96. The van der Waals surface area contributed by atoms with Gasteiger partial charge in [0.15, 0.2) is 11.5 Å². The molecule has 1 atom stereocenters. The second kappa shape index (κ2) is 9.96. The van der Waals surface area contributed by atoms with Gasteiger partial charge in [0.25, 0.3) is 5.95 Å². The van der Waals surface area contributed by atoms with Crippen LogP contribution in [0.15, 0.2) is 48.9 Å². The number of carbonyl (C=O) groups excluding carboxylic acids is 1. The summed E-state index contributed by atoms with van der Waals surface area (Å²) >= 11 is 0. The Morgan fingerprint density at radius 2 is 2.03 bits per heavy atom. The zero-order valence-electron chi connectivity index (χ0n) is 20.8. The van der Waals surface area contributed by atoms with E-state index < -0.39 is 17.5 Å². The molecule has 4 aromatic heterocycles. The fourth-order valence-electron chi connectivity index (χ4n) is 4.23. The van der Waals surface area contributed by atoms with E-state index in [9.17, 15) is 9.18 Å². The fraction of sp³-hybridized carbons (Fsp3) is 0.360. The van der Waals surface area contributed by atoms with Gasteiger partial charge >= 0.3 is 6.09 Å². The van der Waals surface area contributed by atoms with Crippen molar-refractivity contribution >= 4 is 29.1 Å². The largest absolute Gasteiger partial charge is 0.444 e. The smallest absolute Gasteiger partial charge is 0.407 e. The van der Waals surface area contributed by atoms with Crippen molar-refractivity contribution in [2.24, 2.45) is 0 Å². The first kappa shape index (κ1) is 24.3. The third-order valence-corrected chi connectivity index (χ3v) is 5.79. The van der Waals surface area contributed by atoms with Crippen molar-refractivity contribution in [3.63, 3.8) is 0 Å². The Kier molecular flexibility index (Phi) is 6.55. The van der Waals surface area contributed by atoms with Crippen LogP contribution in [0.4, 0.5) is 26.5 Å². The number of nitrogens with one attached hydrogen (secondary N) is 2. The van der Waals surface area contributed by atoms with Crippen molar-refractivity contribution in [3.05, 3.63) is 54.7 Å². The Morgan fingerprint density at radius 3 is 2.84 bits per heavy atom. The molecule has 0 bridgehead atoms. The summed E-state index contributed by atoms with van der Waals surface area (Å²) in [6.45, 7) is 6.95. The molecule has 1 aliphatic rings. The average molecular weight is 506 g/mol. The molecular formula is C25H28FN9O2. The number of anilines is 3. The van der Waals surface area contributed by atoms with Gasteiger partial charge in [-0.3, -0.25) is 9.97 Å².